The van der Waals surface area contributed by atoms with Crippen LogP contribution in [-0.2, 0) is 4.79 Å². The van der Waals surface area contributed by atoms with Gasteiger partial charge in [-0.15, -0.1) is 5.10 Å². The van der Waals surface area contributed by atoms with E-state index < -0.39 is 0 Å². The summed E-state index contributed by atoms with van der Waals surface area (Å²) in [7, 11) is 0. The van der Waals surface area contributed by atoms with E-state index in [1.165, 1.54) is 28.9 Å². The molecule has 8 heteroatoms. The topological polar surface area (TPSA) is 83.6 Å². The quantitative estimate of drug-likeness (QED) is 0.693. The van der Waals surface area contributed by atoms with E-state index in [1.807, 2.05) is 38.1 Å². The number of hydrogen-bond donors (Lipinski definition) is 2. The Balaban J connectivity index is 1.58. The third-order valence-corrected chi connectivity index (χ3v) is 4.79. The summed E-state index contributed by atoms with van der Waals surface area (Å²) in [5.74, 6) is 0.859. The molecule has 6 nitrogen and oxygen atoms in total. The van der Waals surface area contributed by atoms with Gasteiger partial charge in [0, 0.05) is 17.3 Å². The van der Waals surface area contributed by atoms with Gasteiger partial charge in [0.1, 0.15) is 5.00 Å². The van der Waals surface area contributed by atoms with Gasteiger partial charge < -0.3 is 5.32 Å². The molecule has 0 unspecified atom stereocenters. The van der Waals surface area contributed by atoms with E-state index in [0.717, 1.165) is 16.1 Å². The van der Waals surface area contributed by atoms with Crippen molar-refractivity contribution >= 4 is 34.2 Å². The van der Waals surface area contributed by atoms with E-state index in [0.29, 0.717) is 11.0 Å². The lowest BCUT2D eigenvalue weighted by molar-refractivity contribution is -0.113. The Morgan fingerprint density at radius 3 is 2.78 bits per heavy atom. The number of nitrogens with zero attached hydrogens (tertiary/aromatic N) is 3. The van der Waals surface area contributed by atoms with Gasteiger partial charge in [-0.3, -0.25) is 9.89 Å². The first kappa shape index (κ1) is 15.7. The van der Waals surface area contributed by atoms with Gasteiger partial charge in [-0.1, -0.05) is 41.6 Å². The second-order valence-corrected chi connectivity index (χ2v) is 6.75. The number of rotatable bonds is 5. The lowest BCUT2D eigenvalue weighted by Crippen LogP contribution is -2.13. The molecule has 0 saturated carbocycles. The minimum atomic E-state index is -0.0935. The molecular weight excluding hydrogens is 330 g/mol. The Kier molecular flexibility index (Phi) is 4.73. The number of benzene rings is 1. The summed E-state index contributed by atoms with van der Waals surface area (Å²) in [6, 6.07) is 8.03. The number of H-pyrrole nitrogens is 1. The molecule has 1 aromatic carbocycles. The summed E-state index contributed by atoms with van der Waals surface area (Å²) in [4.78, 5) is 16.3. The molecule has 3 aromatic rings. The molecule has 0 aliphatic carbocycles. The lowest BCUT2D eigenvalue weighted by atomic mass is 10.1. The van der Waals surface area contributed by atoms with Crippen LogP contribution in [0.2, 0.25) is 0 Å². The molecule has 0 radical (unpaired) electrons. The predicted molar refractivity (Wildman–Crippen MR) is 92.8 cm³/mol. The van der Waals surface area contributed by atoms with E-state index in [-0.39, 0.29) is 11.7 Å². The number of aromatic amines is 1. The molecule has 0 saturated heterocycles. The second-order valence-electron chi connectivity index (χ2n) is 5.01. The number of amides is 1. The van der Waals surface area contributed by atoms with Crippen molar-refractivity contribution in [3.8, 4) is 11.4 Å². The molecule has 0 atom stereocenters. The standard InChI is InChI=1S/C15H15N5OS2/c1-9-3-5-11(6-4-9)13-18-15(20-19-13)22-8-12(21)17-14-10(2)7-16-23-14/h3-7H,8H2,1-2H3,(H,17,21)(H,18,19,20). The Morgan fingerprint density at radius 2 is 2.09 bits per heavy atom. The van der Waals surface area contributed by atoms with Crippen LogP contribution in [0.3, 0.4) is 0 Å². The summed E-state index contributed by atoms with van der Waals surface area (Å²) in [5.41, 5.74) is 3.13. The van der Waals surface area contributed by atoms with Gasteiger partial charge in [0.05, 0.1) is 5.75 Å². The van der Waals surface area contributed by atoms with Crippen molar-refractivity contribution in [3.05, 3.63) is 41.6 Å². The van der Waals surface area contributed by atoms with Crippen molar-refractivity contribution in [2.24, 2.45) is 0 Å². The van der Waals surface area contributed by atoms with Gasteiger partial charge in [0.15, 0.2) is 5.82 Å². The first-order valence-electron chi connectivity index (χ1n) is 6.95. The van der Waals surface area contributed by atoms with Crippen LogP contribution < -0.4 is 5.32 Å². The van der Waals surface area contributed by atoms with Crippen molar-refractivity contribution in [2.75, 3.05) is 11.1 Å². The van der Waals surface area contributed by atoms with Crippen molar-refractivity contribution in [1.29, 1.82) is 0 Å². The highest BCUT2D eigenvalue weighted by atomic mass is 32.2. The molecule has 0 fully saturated rings. The highest BCUT2D eigenvalue weighted by Gasteiger charge is 2.11. The molecule has 2 heterocycles. The molecule has 118 valence electrons. The maximum absolute atomic E-state index is 11.9. The predicted octanol–water partition coefficient (Wildman–Crippen LogP) is 3.28. The number of aryl methyl sites for hydroxylation is 2. The Bertz CT molecular complexity index is 809. The zero-order valence-corrected chi connectivity index (χ0v) is 14.3. The fourth-order valence-corrected chi connectivity index (χ4v) is 3.13. The number of hydrogen-bond acceptors (Lipinski definition) is 6. The Morgan fingerprint density at radius 1 is 1.30 bits per heavy atom. The van der Waals surface area contributed by atoms with Crippen LogP contribution in [0.1, 0.15) is 11.1 Å². The highest BCUT2D eigenvalue weighted by molar-refractivity contribution is 7.99. The number of thioether (sulfide) groups is 1. The first-order chi connectivity index (χ1) is 11.1. The van der Waals surface area contributed by atoms with Crippen LogP contribution in [0.4, 0.5) is 5.00 Å². The molecule has 0 aliphatic heterocycles. The van der Waals surface area contributed by atoms with Crippen molar-refractivity contribution < 1.29 is 4.79 Å². The van der Waals surface area contributed by atoms with Gasteiger partial charge in [0.25, 0.3) is 0 Å². The molecule has 23 heavy (non-hydrogen) atoms. The van der Waals surface area contributed by atoms with Gasteiger partial charge in [-0.2, -0.15) is 4.37 Å². The van der Waals surface area contributed by atoms with Gasteiger partial charge in [-0.25, -0.2) is 4.98 Å². The zero-order chi connectivity index (χ0) is 16.2. The molecule has 3 rings (SSSR count). The van der Waals surface area contributed by atoms with Crippen molar-refractivity contribution in [1.82, 2.24) is 19.6 Å². The molecule has 1 amide bonds. The van der Waals surface area contributed by atoms with E-state index in [2.05, 4.69) is 24.9 Å². The first-order valence-corrected chi connectivity index (χ1v) is 8.71. The van der Waals surface area contributed by atoms with E-state index in [1.54, 1.807) is 6.20 Å². The smallest absolute Gasteiger partial charge is 0.235 e. The molecule has 0 aliphatic rings. The molecular formula is C15H15N5OS2. The van der Waals surface area contributed by atoms with E-state index >= 15 is 0 Å². The normalized spacial score (nSPS) is 10.7. The van der Waals surface area contributed by atoms with Crippen LogP contribution in [0, 0.1) is 13.8 Å². The monoisotopic (exact) mass is 345 g/mol. The average Bonchev–Trinajstić information content (AvgIpc) is 3.16. The molecule has 2 N–H and O–H groups in total. The van der Waals surface area contributed by atoms with E-state index in [9.17, 15) is 4.79 Å². The van der Waals surface area contributed by atoms with Crippen LogP contribution >= 0.6 is 23.3 Å². The van der Waals surface area contributed by atoms with Gasteiger partial charge in [0.2, 0.25) is 11.1 Å². The minimum absolute atomic E-state index is 0.0935. The number of anilines is 1. The maximum Gasteiger partial charge on any atom is 0.235 e. The summed E-state index contributed by atoms with van der Waals surface area (Å²) < 4.78 is 4.03. The van der Waals surface area contributed by atoms with Crippen LogP contribution in [-0.4, -0.2) is 31.2 Å². The third-order valence-electron chi connectivity index (χ3n) is 3.12. The highest BCUT2D eigenvalue weighted by Crippen LogP contribution is 2.21. The van der Waals surface area contributed by atoms with Crippen molar-refractivity contribution in [3.63, 3.8) is 0 Å². The number of aromatic nitrogens is 4. The minimum Gasteiger partial charge on any atom is -0.315 e. The zero-order valence-electron chi connectivity index (χ0n) is 12.7. The van der Waals surface area contributed by atoms with Gasteiger partial charge >= 0.3 is 0 Å². The average molecular weight is 345 g/mol. The third kappa shape index (κ3) is 3.96. The van der Waals surface area contributed by atoms with Gasteiger partial charge in [-0.05, 0) is 25.4 Å². The molecule has 0 bridgehead atoms. The number of nitrogens with one attached hydrogen (secondary N) is 2. The summed E-state index contributed by atoms with van der Waals surface area (Å²) in [6.45, 7) is 3.95. The fraction of sp³-hybridized carbons (Fsp3) is 0.200. The summed E-state index contributed by atoms with van der Waals surface area (Å²) >= 11 is 2.57. The Hall–Kier alpha value is -2.19. The fourth-order valence-electron chi connectivity index (χ4n) is 1.85. The van der Waals surface area contributed by atoms with Crippen LogP contribution in [0.5, 0.6) is 0 Å². The maximum atomic E-state index is 11.9. The van der Waals surface area contributed by atoms with Crippen LogP contribution in [0.15, 0.2) is 35.6 Å². The lowest BCUT2D eigenvalue weighted by Gasteiger charge is -2.01. The van der Waals surface area contributed by atoms with E-state index in [4.69, 9.17) is 0 Å². The molecule has 0 spiro atoms. The SMILES string of the molecule is Cc1ccc(-c2nc(SCC(=O)Nc3sncc3C)n[nH]2)cc1. The second kappa shape index (κ2) is 6.93. The van der Waals surface area contributed by atoms with Crippen LogP contribution in [0.25, 0.3) is 11.4 Å². The number of carbonyl (C=O) groups is 1. The molecule has 2 aromatic heterocycles. The summed E-state index contributed by atoms with van der Waals surface area (Å²) in [6.07, 6.45) is 1.73. The van der Waals surface area contributed by atoms with Crippen molar-refractivity contribution in [2.45, 2.75) is 19.0 Å². The Labute approximate surface area is 141 Å². The largest absolute Gasteiger partial charge is 0.315 e. The summed E-state index contributed by atoms with van der Waals surface area (Å²) in [5, 5.41) is 11.2. The number of carbonyl (C=O) groups excluding carboxylic acids is 1.